The van der Waals surface area contributed by atoms with Gasteiger partial charge >= 0.3 is 0 Å². The zero-order chi connectivity index (χ0) is 18.3. The summed E-state index contributed by atoms with van der Waals surface area (Å²) in [5, 5.41) is 5.83. The fraction of sp³-hybridized carbons (Fsp3) is 0.333. The second-order valence-electron chi connectivity index (χ2n) is 6.97. The van der Waals surface area contributed by atoms with E-state index in [0.29, 0.717) is 12.1 Å². The highest BCUT2D eigenvalue weighted by molar-refractivity contribution is 5.94. The van der Waals surface area contributed by atoms with E-state index in [1.54, 1.807) is 12.1 Å². The minimum absolute atomic E-state index is 0.0649. The number of carbonyl (C=O) groups is 2. The lowest BCUT2D eigenvalue weighted by Crippen LogP contribution is -2.41. The van der Waals surface area contributed by atoms with E-state index in [1.165, 1.54) is 5.56 Å². The smallest absolute Gasteiger partial charge is 0.251 e. The van der Waals surface area contributed by atoms with Crippen molar-refractivity contribution in [3.63, 3.8) is 0 Å². The highest BCUT2D eigenvalue weighted by Gasteiger charge is 2.21. The number of carbonyl (C=O) groups excluding carboxylic acids is 2. The molecule has 4 nitrogen and oxygen atoms in total. The van der Waals surface area contributed by atoms with E-state index in [-0.39, 0.29) is 29.7 Å². The maximum Gasteiger partial charge on any atom is 0.251 e. The van der Waals surface area contributed by atoms with Crippen molar-refractivity contribution in [1.29, 1.82) is 0 Å². The summed E-state index contributed by atoms with van der Waals surface area (Å²) in [5.74, 6) is -0.226. The maximum absolute atomic E-state index is 12.2. The monoisotopic (exact) mass is 338 g/mol. The molecule has 0 saturated heterocycles. The van der Waals surface area contributed by atoms with Crippen LogP contribution in [0.15, 0.2) is 60.7 Å². The van der Waals surface area contributed by atoms with Gasteiger partial charge in [-0.2, -0.15) is 0 Å². The predicted octanol–water partition coefficient (Wildman–Crippen LogP) is 3.29. The molecule has 2 N–H and O–H groups in total. The van der Waals surface area contributed by atoms with Crippen molar-refractivity contribution in [2.75, 3.05) is 6.54 Å². The van der Waals surface area contributed by atoms with Gasteiger partial charge < -0.3 is 10.6 Å². The van der Waals surface area contributed by atoms with Gasteiger partial charge in [-0.05, 0) is 24.6 Å². The first-order chi connectivity index (χ1) is 11.9. The van der Waals surface area contributed by atoms with Gasteiger partial charge in [0.15, 0.2) is 0 Å². The molecule has 0 heterocycles. The predicted molar refractivity (Wildman–Crippen MR) is 100 cm³/mol. The molecule has 2 amide bonds. The molecule has 0 aliphatic heterocycles. The van der Waals surface area contributed by atoms with Crippen LogP contribution in [0.3, 0.4) is 0 Å². The molecule has 25 heavy (non-hydrogen) atoms. The third kappa shape index (κ3) is 5.75. The van der Waals surface area contributed by atoms with Crippen LogP contribution in [0.4, 0.5) is 0 Å². The van der Waals surface area contributed by atoms with E-state index in [0.717, 1.165) is 0 Å². The molecule has 1 atom stereocenters. The zero-order valence-electron chi connectivity index (χ0n) is 15.1. The van der Waals surface area contributed by atoms with Crippen LogP contribution in [0.5, 0.6) is 0 Å². The summed E-state index contributed by atoms with van der Waals surface area (Å²) in [4.78, 5) is 24.3. The molecule has 132 valence electrons. The minimum Gasteiger partial charge on any atom is -0.355 e. The lowest BCUT2D eigenvalue weighted by Gasteiger charge is -2.26. The highest BCUT2D eigenvalue weighted by Crippen LogP contribution is 2.21. The lowest BCUT2D eigenvalue weighted by atomic mass is 9.84. The van der Waals surface area contributed by atoms with Crippen LogP contribution in [-0.2, 0) is 10.2 Å². The SMILES string of the molecule is CC(CC(=O)NCC(C)(C)c1ccccc1)NC(=O)c1ccccc1. The summed E-state index contributed by atoms with van der Waals surface area (Å²) in [7, 11) is 0. The molecule has 0 bridgehead atoms. The lowest BCUT2D eigenvalue weighted by molar-refractivity contribution is -0.121. The molecule has 1 unspecified atom stereocenters. The highest BCUT2D eigenvalue weighted by atomic mass is 16.2. The normalized spacial score (nSPS) is 12.3. The van der Waals surface area contributed by atoms with E-state index in [1.807, 2.05) is 43.3 Å². The van der Waals surface area contributed by atoms with Gasteiger partial charge in [0.2, 0.25) is 5.91 Å². The summed E-state index contributed by atoms with van der Waals surface area (Å²) >= 11 is 0. The first kappa shape index (κ1) is 18.7. The average molecular weight is 338 g/mol. The summed E-state index contributed by atoms with van der Waals surface area (Å²) in [6.45, 7) is 6.59. The molecule has 0 aliphatic carbocycles. The van der Waals surface area contributed by atoms with Crippen LogP contribution in [0.1, 0.15) is 43.1 Å². The Morgan fingerprint density at radius 1 is 0.960 bits per heavy atom. The largest absolute Gasteiger partial charge is 0.355 e. The van der Waals surface area contributed by atoms with Crippen molar-refractivity contribution < 1.29 is 9.59 Å². The van der Waals surface area contributed by atoms with Crippen molar-refractivity contribution >= 4 is 11.8 Å². The Labute approximate surface area is 149 Å². The van der Waals surface area contributed by atoms with E-state index in [2.05, 4.69) is 36.6 Å². The summed E-state index contributed by atoms with van der Waals surface area (Å²) in [6, 6.07) is 18.9. The third-order valence-corrected chi connectivity index (χ3v) is 4.19. The van der Waals surface area contributed by atoms with Crippen LogP contribution < -0.4 is 10.6 Å². The molecule has 0 aliphatic rings. The van der Waals surface area contributed by atoms with Crippen molar-refractivity contribution in [3.8, 4) is 0 Å². The van der Waals surface area contributed by atoms with Crippen LogP contribution in [0, 0.1) is 0 Å². The Bertz CT molecular complexity index is 696. The van der Waals surface area contributed by atoms with Gasteiger partial charge in [0, 0.05) is 30.0 Å². The van der Waals surface area contributed by atoms with Crippen molar-refractivity contribution in [3.05, 3.63) is 71.8 Å². The molecule has 4 heteroatoms. The van der Waals surface area contributed by atoms with E-state index < -0.39 is 0 Å². The van der Waals surface area contributed by atoms with Gasteiger partial charge in [-0.25, -0.2) is 0 Å². The molecule has 0 radical (unpaired) electrons. The molecule has 0 aromatic heterocycles. The van der Waals surface area contributed by atoms with Gasteiger partial charge in [0.05, 0.1) is 0 Å². The van der Waals surface area contributed by atoms with Crippen molar-refractivity contribution in [2.24, 2.45) is 0 Å². The summed E-state index contributed by atoms with van der Waals surface area (Å²) in [6.07, 6.45) is 0.253. The van der Waals surface area contributed by atoms with Crippen LogP contribution >= 0.6 is 0 Å². The molecular weight excluding hydrogens is 312 g/mol. The van der Waals surface area contributed by atoms with Crippen LogP contribution in [0.25, 0.3) is 0 Å². The average Bonchev–Trinajstić information content (AvgIpc) is 2.61. The van der Waals surface area contributed by atoms with Gasteiger partial charge in [0.25, 0.3) is 5.91 Å². The Morgan fingerprint density at radius 3 is 2.12 bits per heavy atom. The van der Waals surface area contributed by atoms with E-state index in [9.17, 15) is 9.59 Å². The van der Waals surface area contributed by atoms with E-state index in [4.69, 9.17) is 0 Å². The third-order valence-electron chi connectivity index (χ3n) is 4.19. The molecule has 0 spiro atoms. The second-order valence-corrected chi connectivity index (χ2v) is 6.97. The molecular formula is C21H26N2O2. The fourth-order valence-corrected chi connectivity index (χ4v) is 2.61. The maximum atomic E-state index is 12.2. The molecule has 0 saturated carbocycles. The quantitative estimate of drug-likeness (QED) is 0.814. The van der Waals surface area contributed by atoms with Crippen molar-refractivity contribution in [2.45, 2.75) is 38.6 Å². The second kappa shape index (κ2) is 8.47. The van der Waals surface area contributed by atoms with Gasteiger partial charge in [-0.15, -0.1) is 0 Å². The van der Waals surface area contributed by atoms with Crippen LogP contribution in [-0.4, -0.2) is 24.4 Å². The van der Waals surface area contributed by atoms with E-state index >= 15 is 0 Å². The molecule has 2 aromatic rings. The zero-order valence-corrected chi connectivity index (χ0v) is 15.1. The number of benzene rings is 2. The first-order valence-corrected chi connectivity index (χ1v) is 8.56. The molecule has 2 aromatic carbocycles. The van der Waals surface area contributed by atoms with Gasteiger partial charge in [-0.3, -0.25) is 9.59 Å². The number of nitrogens with one attached hydrogen (secondary N) is 2. The minimum atomic E-state index is -0.229. The first-order valence-electron chi connectivity index (χ1n) is 8.56. The number of hydrogen-bond donors (Lipinski definition) is 2. The Kier molecular flexibility index (Phi) is 6.34. The Morgan fingerprint density at radius 2 is 1.52 bits per heavy atom. The van der Waals surface area contributed by atoms with Crippen molar-refractivity contribution in [1.82, 2.24) is 10.6 Å². The fourth-order valence-electron chi connectivity index (χ4n) is 2.61. The number of amides is 2. The topological polar surface area (TPSA) is 58.2 Å². The van der Waals surface area contributed by atoms with Gasteiger partial charge in [0.1, 0.15) is 0 Å². The van der Waals surface area contributed by atoms with Gasteiger partial charge in [-0.1, -0.05) is 62.4 Å². The molecule has 2 rings (SSSR count). The number of hydrogen-bond acceptors (Lipinski definition) is 2. The summed E-state index contributed by atoms with van der Waals surface area (Å²) < 4.78 is 0. The number of rotatable bonds is 7. The van der Waals surface area contributed by atoms with Crippen LogP contribution in [0.2, 0.25) is 0 Å². The summed E-state index contributed by atoms with van der Waals surface area (Å²) in [5.41, 5.74) is 1.63. The Balaban J connectivity index is 1.81. The molecule has 0 fully saturated rings. The Hall–Kier alpha value is -2.62. The standard InChI is InChI=1S/C21H26N2O2/c1-16(23-20(25)17-10-6-4-7-11-17)14-19(24)22-15-21(2,3)18-12-8-5-9-13-18/h4-13,16H,14-15H2,1-3H3,(H,22,24)(H,23,25).